The van der Waals surface area contributed by atoms with Crippen LogP contribution in [0.1, 0.15) is 0 Å². The molecule has 4 rings (SSSR count). The summed E-state index contributed by atoms with van der Waals surface area (Å²) in [5.74, 6) is 0.617. The summed E-state index contributed by atoms with van der Waals surface area (Å²) < 4.78 is 5.23. The number of nitrogens with zero attached hydrogens (tertiary/aromatic N) is 2. The molecule has 132 valence electrons. The number of hydrogen-bond donors (Lipinski definition) is 0. The molecule has 0 aliphatic rings. The summed E-state index contributed by atoms with van der Waals surface area (Å²) in [6, 6.07) is 35.0. The summed E-state index contributed by atoms with van der Waals surface area (Å²) in [7, 11) is 1.63. The molecular weight excluding hydrogens is 332 g/mol. The van der Waals surface area contributed by atoms with Crippen LogP contribution in [0.25, 0.3) is 11.3 Å². The molecule has 0 spiro atoms. The fourth-order valence-corrected chi connectivity index (χ4v) is 3.07. The molecule has 4 aromatic rings. The molecule has 0 aliphatic heterocycles. The molecule has 0 unspecified atom stereocenters. The van der Waals surface area contributed by atoms with Gasteiger partial charge in [0, 0.05) is 28.7 Å². The summed E-state index contributed by atoms with van der Waals surface area (Å²) in [4.78, 5) is 6.76. The fourth-order valence-electron chi connectivity index (χ4n) is 3.07. The summed E-state index contributed by atoms with van der Waals surface area (Å²) in [5, 5.41) is 0. The maximum absolute atomic E-state index is 5.23. The topological polar surface area (TPSA) is 25.4 Å². The first-order valence-electron chi connectivity index (χ1n) is 8.87. The number of aromatic nitrogens is 1. The maximum atomic E-state index is 5.23. The van der Waals surface area contributed by atoms with E-state index in [2.05, 4.69) is 82.7 Å². The summed E-state index contributed by atoms with van der Waals surface area (Å²) in [6.07, 6.45) is 0. The zero-order valence-electron chi connectivity index (χ0n) is 15.1. The van der Waals surface area contributed by atoms with E-state index in [1.807, 2.05) is 30.3 Å². The molecule has 27 heavy (non-hydrogen) atoms. The maximum Gasteiger partial charge on any atom is 0.213 e. The summed E-state index contributed by atoms with van der Waals surface area (Å²) >= 11 is 0. The van der Waals surface area contributed by atoms with Crippen LogP contribution in [0, 0.1) is 0 Å². The van der Waals surface area contributed by atoms with E-state index in [0.29, 0.717) is 5.88 Å². The molecule has 1 heterocycles. The molecule has 3 heteroatoms. The molecule has 0 radical (unpaired) electrons. The smallest absolute Gasteiger partial charge is 0.213 e. The lowest BCUT2D eigenvalue weighted by molar-refractivity contribution is 0.398. The number of benzene rings is 3. The second kappa shape index (κ2) is 7.75. The number of para-hydroxylation sites is 2. The summed E-state index contributed by atoms with van der Waals surface area (Å²) in [5.41, 5.74) is 5.29. The first-order valence-corrected chi connectivity index (χ1v) is 8.87. The van der Waals surface area contributed by atoms with E-state index >= 15 is 0 Å². The van der Waals surface area contributed by atoms with Crippen LogP contribution in [0.3, 0.4) is 0 Å². The highest BCUT2D eigenvalue weighted by Gasteiger charge is 2.12. The number of methoxy groups -OCH3 is 1. The molecule has 1 aromatic heterocycles. The van der Waals surface area contributed by atoms with Gasteiger partial charge >= 0.3 is 0 Å². The van der Waals surface area contributed by atoms with Gasteiger partial charge < -0.3 is 9.64 Å². The van der Waals surface area contributed by atoms with Gasteiger partial charge in [-0.25, -0.2) is 4.98 Å². The normalized spacial score (nSPS) is 10.4. The van der Waals surface area contributed by atoms with E-state index in [0.717, 1.165) is 28.3 Å². The Bertz CT molecular complexity index is 960. The van der Waals surface area contributed by atoms with Crippen LogP contribution in [0.15, 0.2) is 103 Å². The van der Waals surface area contributed by atoms with Crippen molar-refractivity contribution in [3.63, 3.8) is 0 Å². The van der Waals surface area contributed by atoms with Gasteiger partial charge in [0.15, 0.2) is 0 Å². The third-order valence-corrected chi connectivity index (χ3v) is 4.38. The van der Waals surface area contributed by atoms with E-state index in [1.54, 1.807) is 7.11 Å². The Morgan fingerprint density at radius 1 is 0.593 bits per heavy atom. The molecule has 3 aromatic carbocycles. The number of anilines is 3. The van der Waals surface area contributed by atoms with Crippen LogP contribution in [0.2, 0.25) is 0 Å². The van der Waals surface area contributed by atoms with Crippen molar-refractivity contribution in [2.45, 2.75) is 0 Å². The minimum atomic E-state index is 0.617. The van der Waals surface area contributed by atoms with Gasteiger partial charge in [-0.05, 0) is 42.5 Å². The zero-order valence-corrected chi connectivity index (χ0v) is 15.1. The molecule has 0 bridgehead atoms. The van der Waals surface area contributed by atoms with E-state index < -0.39 is 0 Å². The molecular formula is C24H20N2O. The second-order valence-electron chi connectivity index (χ2n) is 6.12. The van der Waals surface area contributed by atoms with Crippen molar-refractivity contribution in [1.82, 2.24) is 4.98 Å². The molecule has 0 amide bonds. The highest BCUT2D eigenvalue weighted by atomic mass is 16.5. The minimum Gasteiger partial charge on any atom is -0.481 e. The average molecular weight is 352 g/mol. The van der Waals surface area contributed by atoms with Crippen LogP contribution in [0.4, 0.5) is 17.1 Å². The van der Waals surface area contributed by atoms with E-state index in [9.17, 15) is 0 Å². The third-order valence-electron chi connectivity index (χ3n) is 4.38. The van der Waals surface area contributed by atoms with Gasteiger partial charge in [0.1, 0.15) is 0 Å². The molecule has 0 N–H and O–H groups in total. The lowest BCUT2D eigenvalue weighted by Crippen LogP contribution is -2.09. The predicted octanol–water partition coefficient (Wildman–Crippen LogP) is 6.23. The van der Waals surface area contributed by atoms with Gasteiger partial charge in [0.2, 0.25) is 5.88 Å². The van der Waals surface area contributed by atoms with E-state index in [4.69, 9.17) is 4.74 Å². The number of rotatable bonds is 5. The quantitative estimate of drug-likeness (QED) is 0.426. The van der Waals surface area contributed by atoms with Gasteiger partial charge in [-0.15, -0.1) is 0 Å². The minimum absolute atomic E-state index is 0.617. The SMILES string of the molecule is COc1cccc(-c2ccc(N(c3ccccc3)c3ccccc3)cc2)n1. The number of pyridine rings is 1. The number of hydrogen-bond acceptors (Lipinski definition) is 3. The highest BCUT2D eigenvalue weighted by Crippen LogP contribution is 2.35. The van der Waals surface area contributed by atoms with Gasteiger partial charge in [0.05, 0.1) is 12.8 Å². The molecule has 0 saturated heterocycles. The Hall–Kier alpha value is -3.59. The Labute approximate surface area is 159 Å². The highest BCUT2D eigenvalue weighted by molar-refractivity contribution is 5.77. The van der Waals surface area contributed by atoms with Crippen molar-refractivity contribution in [3.8, 4) is 17.1 Å². The van der Waals surface area contributed by atoms with Crippen LogP contribution in [-0.2, 0) is 0 Å². The van der Waals surface area contributed by atoms with Crippen molar-refractivity contribution in [2.75, 3.05) is 12.0 Å². The number of ether oxygens (including phenoxy) is 1. The van der Waals surface area contributed by atoms with Gasteiger partial charge in [-0.3, -0.25) is 0 Å². The second-order valence-corrected chi connectivity index (χ2v) is 6.12. The third kappa shape index (κ3) is 3.67. The Balaban J connectivity index is 1.73. The first kappa shape index (κ1) is 16.9. The largest absolute Gasteiger partial charge is 0.481 e. The van der Waals surface area contributed by atoms with E-state index in [1.165, 1.54) is 0 Å². The lowest BCUT2D eigenvalue weighted by atomic mass is 10.1. The van der Waals surface area contributed by atoms with Crippen molar-refractivity contribution in [3.05, 3.63) is 103 Å². The molecule has 0 fully saturated rings. The fraction of sp³-hybridized carbons (Fsp3) is 0.0417. The van der Waals surface area contributed by atoms with Gasteiger partial charge in [-0.2, -0.15) is 0 Å². The lowest BCUT2D eigenvalue weighted by Gasteiger charge is -2.25. The Morgan fingerprint density at radius 3 is 1.70 bits per heavy atom. The predicted molar refractivity (Wildman–Crippen MR) is 111 cm³/mol. The Kier molecular flexibility index (Phi) is 4.84. The van der Waals surface area contributed by atoms with Gasteiger partial charge in [-0.1, -0.05) is 54.6 Å². The van der Waals surface area contributed by atoms with E-state index in [-0.39, 0.29) is 0 Å². The van der Waals surface area contributed by atoms with Gasteiger partial charge in [0.25, 0.3) is 0 Å². The Morgan fingerprint density at radius 2 is 1.15 bits per heavy atom. The van der Waals surface area contributed by atoms with Crippen molar-refractivity contribution >= 4 is 17.1 Å². The van der Waals surface area contributed by atoms with Crippen LogP contribution < -0.4 is 9.64 Å². The molecule has 3 nitrogen and oxygen atoms in total. The average Bonchev–Trinajstić information content (AvgIpc) is 2.76. The van der Waals surface area contributed by atoms with Crippen molar-refractivity contribution < 1.29 is 4.74 Å². The van der Waals surface area contributed by atoms with Crippen molar-refractivity contribution in [2.24, 2.45) is 0 Å². The standard InChI is InChI=1S/C24H20N2O/c1-27-24-14-8-13-23(25-24)19-15-17-22(18-16-19)26(20-9-4-2-5-10-20)21-11-6-3-7-12-21/h2-18H,1H3. The first-order chi connectivity index (χ1) is 13.3. The monoisotopic (exact) mass is 352 g/mol. The zero-order chi connectivity index (χ0) is 18.5. The van der Waals surface area contributed by atoms with Crippen molar-refractivity contribution in [1.29, 1.82) is 0 Å². The van der Waals surface area contributed by atoms with Crippen LogP contribution in [0.5, 0.6) is 5.88 Å². The molecule has 0 atom stereocenters. The molecule has 0 saturated carbocycles. The van der Waals surface area contributed by atoms with Crippen LogP contribution in [-0.4, -0.2) is 12.1 Å². The van der Waals surface area contributed by atoms with Crippen LogP contribution >= 0.6 is 0 Å². The molecule has 0 aliphatic carbocycles. The summed E-state index contributed by atoms with van der Waals surface area (Å²) in [6.45, 7) is 0.